The molecule has 0 heterocycles. The van der Waals surface area contributed by atoms with E-state index in [9.17, 15) is 5.11 Å². The Kier molecular flexibility index (Phi) is 6.51. The highest BCUT2D eigenvalue weighted by atomic mass is 79.9. The molecule has 0 aliphatic heterocycles. The van der Waals surface area contributed by atoms with Gasteiger partial charge in [-0.2, -0.15) is 0 Å². The van der Waals surface area contributed by atoms with E-state index in [1.54, 1.807) is 0 Å². The molecule has 2 aromatic rings. The van der Waals surface area contributed by atoms with Crippen LogP contribution in [-0.4, -0.2) is 24.4 Å². The summed E-state index contributed by atoms with van der Waals surface area (Å²) in [5, 5.41) is 13.7. The quantitative estimate of drug-likeness (QED) is 0.771. The van der Waals surface area contributed by atoms with Gasteiger partial charge in [-0.15, -0.1) is 0 Å². The topological polar surface area (TPSA) is 41.5 Å². The Hall–Kier alpha value is -1.07. The number of ether oxygens (including phenoxy) is 1. The lowest BCUT2D eigenvalue weighted by Crippen LogP contribution is -2.24. The molecule has 0 spiro atoms. The molecule has 0 amide bonds. The van der Waals surface area contributed by atoms with Crippen molar-refractivity contribution in [2.24, 2.45) is 0 Å². The highest BCUT2D eigenvalue weighted by Crippen LogP contribution is 2.14. The van der Waals surface area contributed by atoms with Gasteiger partial charge in [0.05, 0.1) is 19.3 Å². The fraction of sp³-hybridized carbons (Fsp3) is 0.250. The van der Waals surface area contributed by atoms with Gasteiger partial charge in [-0.1, -0.05) is 39.7 Å². The van der Waals surface area contributed by atoms with Gasteiger partial charge >= 0.3 is 0 Å². The molecule has 2 N–H and O–H groups in total. The van der Waals surface area contributed by atoms with Crippen LogP contribution in [0.25, 0.3) is 0 Å². The van der Waals surface area contributed by atoms with E-state index in [1.807, 2.05) is 48.5 Å². The van der Waals surface area contributed by atoms with Crippen LogP contribution < -0.4 is 5.32 Å². The molecule has 5 heteroatoms. The van der Waals surface area contributed by atoms with Crippen LogP contribution in [0.4, 0.5) is 5.69 Å². The molecule has 1 unspecified atom stereocenters. The fourth-order valence-corrected chi connectivity index (χ4v) is 2.15. The normalized spacial score (nSPS) is 12.1. The second-order valence-electron chi connectivity index (χ2n) is 4.68. The number of anilines is 1. The van der Waals surface area contributed by atoms with Crippen LogP contribution in [0.1, 0.15) is 5.56 Å². The van der Waals surface area contributed by atoms with E-state index < -0.39 is 6.10 Å². The number of benzene rings is 2. The zero-order valence-electron chi connectivity index (χ0n) is 11.4. The standard InChI is InChI=1S/C16H17BrClNO2/c17-13-3-7-15(8-4-13)19-9-16(20)11-21-10-12-1-5-14(18)6-2-12/h1-8,16,19-20H,9-11H2. The third kappa shape index (κ3) is 6.06. The van der Waals surface area contributed by atoms with Crippen LogP contribution in [0, 0.1) is 0 Å². The number of nitrogens with one attached hydrogen (secondary N) is 1. The second-order valence-corrected chi connectivity index (χ2v) is 6.04. The molecular weight excluding hydrogens is 354 g/mol. The Labute approximate surface area is 138 Å². The summed E-state index contributed by atoms with van der Waals surface area (Å²) >= 11 is 9.19. The first kappa shape index (κ1) is 16.3. The average molecular weight is 371 g/mol. The van der Waals surface area contributed by atoms with Crippen molar-refractivity contribution in [1.82, 2.24) is 0 Å². The van der Waals surface area contributed by atoms with Crippen LogP contribution in [0.2, 0.25) is 5.02 Å². The molecular formula is C16H17BrClNO2. The third-order valence-electron chi connectivity index (χ3n) is 2.88. The van der Waals surface area contributed by atoms with Crippen molar-refractivity contribution >= 4 is 33.2 Å². The Morgan fingerprint density at radius 1 is 1.10 bits per heavy atom. The van der Waals surface area contributed by atoms with Gasteiger partial charge in [0, 0.05) is 21.7 Å². The largest absolute Gasteiger partial charge is 0.389 e. The zero-order chi connectivity index (χ0) is 15.1. The molecule has 21 heavy (non-hydrogen) atoms. The molecule has 0 bridgehead atoms. The Morgan fingerprint density at radius 3 is 2.43 bits per heavy atom. The molecule has 112 valence electrons. The number of hydrogen-bond acceptors (Lipinski definition) is 3. The van der Waals surface area contributed by atoms with Crippen molar-refractivity contribution < 1.29 is 9.84 Å². The fourth-order valence-electron chi connectivity index (χ4n) is 1.76. The smallest absolute Gasteiger partial charge is 0.0945 e. The molecule has 1 atom stereocenters. The Bertz CT molecular complexity index is 545. The van der Waals surface area contributed by atoms with Crippen molar-refractivity contribution in [2.45, 2.75) is 12.7 Å². The zero-order valence-corrected chi connectivity index (χ0v) is 13.8. The van der Waals surface area contributed by atoms with Crippen LogP contribution in [0.15, 0.2) is 53.0 Å². The van der Waals surface area contributed by atoms with E-state index in [0.29, 0.717) is 18.2 Å². The van der Waals surface area contributed by atoms with Gasteiger partial charge in [0.1, 0.15) is 0 Å². The van der Waals surface area contributed by atoms with E-state index >= 15 is 0 Å². The molecule has 2 aromatic carbocycles. The predicted octanol–water partition coefficient (Wildman–Crippen LogP) is 4.09. The van der Waals surface area contributed by atoms with Crippen molar-refractivity contribution in [3.8, 4) is 0 Å². The number of hydrogen-bond donors (Lipinski definition) is 2. The molecule has 0 saturated heterocycles. The van der Waals surface area contributed by atoms with E-state index in [0.717, 1.165) is 15.7 Å². The minimum atomic E-state index is -0.555. The number of rotatable bonds is 7. The SMILES string of the molecule is OC(CNc1ccc(Br)cc1)COCc1ccc(Cl)cc1. The maximum absolute atomic E-state index is 9.87. The summed E-state index contributed by atoms with van der Waals surface area (Å²) in [5.41, 5.74) is 2.00. The van der Waals surface area contributed by atoms with Gasteiger partial charge in [-0.25, -0.2) is 0 Å². The van der Waals surface area contributed by atoms with Crippen LogP contribution in [-0.2, 0) is 11.3 Å². The lowest BCUT2D eigenvalue weighted by molar-refractivity contribution is 0.0348. The van der Waals surface area contributed by atoms with Crippen LogP contribution >= 0.6 is 27.5 Å². The number of aliphatic hydroxyl groups excluding tert-OH is 1. The summed E-state index contributed by atoms with van der Waals surface area (Å²) in [6.45, 7) is 1.20. The molecule has 0 aromatic heterocycles. The van der Waals surface area contributed by atoms with Gasteiger partial charge in [-0.3, -0.25) is 0 Å². The first-order valence-electron chi connectivity index (χ1n) is 6.63. The highest BCUT2D eigenvalue weighted by molar-refractivity contribution is 9.10. The first-order chi connectivity index (χ1) is 10.1. The van der Waals surface area contributed by atoms with Gasteiger partial charge in [0.2, 0.25) is 0 Å². The van der Waals surface area contributed by atoms with Crippen LogP contribution in [0.5, 0.6) is 0 Å². The lowest BCUT2D eigenvalue weighted by atomic mass is 10.2. The molecule has 3 nitrogen and oxygen atoms in total. The summed E-state index contributed by atoms with van der Waals surface area (Å²) in [4.78, 5) is 0. The van der Waals surface area contributed by atoms with Crippen molar-refractivity contribution in [3.63, 3.8) is 0 Å². The summed E-state index contributed by atoms with van der Waals surface area (Å²) in [7, 11) is 0. The van der Waals surface area contributed by atoms with E-state index in [4.69, 9.17) is 16.3 Å². The molecule has 0 saturated carbocycles. The molecule has 0 aliphatic rings. The average Bonchev–Trinajstić information content (AvgIpc) is 2.49. The van der Waals surface area contributed by atoms with E-state index in [1.165, 1.54) is 0 Å². The van der Waals surface area contributed by atoms with E-state index in [-0.39, 0.29) is 6.61 Å². The molecule has 0 fully saturated rings. The molecule has 0 aliphatic carbocycles. The minimum absolute atomic E-state index is 0.284. The van der Waals surface area contributed by atoms with Gasteiger partial charge in [0.25, 0.3) is 0 Å². The van der Waals surface area contributed by atoms with E-state index in [2.05, 4.69) is 21.2 Å². The Balaban J connectivity index is 1.66. The highest BCUT2D eigenvalue weighted by Gasteiger charge is 2.04. The van der Waals surface area contributed by atoms with Crippen molar-refractivity contribution in [1.29, 1.82) is 0 Å². The minimum Gasteiger partial charge on any atom is -0.389 e. The number of halogens is 2. The maximum Gasteiger partial charge on any atom is 0.0945 e. The molecule has 0 radical (unpaired) electrons. The molecule has 2 rings (SSSR count). The van der Waals surface area contributed by atoms with Crippen molar-refractivity contribution in [2.75, 3.05) is 18.5 Å². The monoisotopic (exact) mass is 369 g/mol. The number of aliphatic hydroxyl groups is 1. The summed E-state index contributed by atoms with van der Waals surface area (Å²) in [6.07, 6.45) is -0.555. The Morgan fingerprint density at radius 2 is 1.76 bits per heavy atom. The predicted molar refractivity (Wildman–Crippen MR) is 89.7 cm³/mol. The maximum atomic E-state index is 9.87. The summed E-state index contributed by atoms with van der Waals surface area (Å²) < 4.78 is 6.52. The van der Waals surface area contributed by atoms with Crippen molar-refractivity contribution in [3.05, 3.63) is 63.6 Å². The first-order valence-corrected chi connectivity index (χ1v) is 7.80. The third-order valence-corrected chi connectivity index (χ3v) is 3.66. The van der Waals surface area contributed by atoms with Gasteiger partial charge < -0.3 is 15.2 Å². The summed E-state index contributed by atoms with van der Waals surface area (Å²) in [5.74, 6) is 0. The lowest BCUT2D eigenvalue weighted by Gasteiger charge is -2.13. The summed E-state index contributed by atoms with van der Waals surface area (Å²) in [6, 6.07) is 15.3. The van der Waals surface area contributed by atoms with Gasteiger partial charge in [-0.05, 0) is 42.0 Å². The van der Waals surface area contributed by atoms with Gasteiger partial charge in [0.15, 0.2) is 0 Å². The second kappa shape index (κ2) is 8.39. The van der Waals surface area contributed by atoms with Crippen LogP contribution in [0.3, 0.4) is 0 Å².